The molecule has 0 saturated carbocycles. The minimum absolute atomic E-state index is 0.0573. The molecule has 1 atom stereocenters. The molecule has 0 bridgehead atoms. The Balaban J connectivity index is 2.14. The Labute approximate surface area is 185 Å². The van der Waals surface area contributed by atoms with Crippen LogP contribution in [0.15, 0.2) is 42.5 Å². The van der Waals surface area contributed by atoms with Gasteiger partial charge < -0.3 is 10.2 Å². The number of hydrogen-bond donors (Lipinski definition) is 1. The van der Waals surface area contributed by atoms with Crippen LogP contribution in [0.2, 0.25) is 5.02 Å². The quantitative estimate of drug-likeness (QED) is 0.561. The van der Waals surface area contributed by atoms with Crippen LogP contribution in [0.25, 0.3) is 0 Å². The molecule has 0 aliphatic carbocycles. The van der Waals surface area contributed by atoms with Crippen LogP contribution in [0.4, 0.5) is 8.78 Å². The number of amides is 2. The third-order valence-corrected chi connectivity index (χ3v) is 5.83. The summed E-state index contributed by atoms with van der Waals surface area (Å²) in [6.07, 6.45) is 0.433. The first-order chi connectivity index (χ1) is 14.4. The van der Waals surface area contributed by atoms with Crippen LogP contribution in [0, 0.1) is 11.6 Å². The van der Waals surface area contributed by atoms with E-state index in [1.165, 1.54) is 40.9 Å². The Morgan fingerprint density at radius 1 is 1.13 bits per heavy atom. The van der Waals surface area contributed by atoms with Gasteiger partial charge in [0.2, 0.25) is 11.8 Å². The van der Waals surface area contributed by atoms with Crippen LogP contribution in [-0.2, 0) is 21.9 Å². The van der Waals surface area contributed by atoms with E-state index in [-0.39, 0.29) is 35.7 Å². The lowest BCUT2D eigenvalue weighted by atomic mass is 10.1. The fourth-order valence-electron chi connectivity index (χ4n) is 2.99. The molecular formula is C22H25ClF2N2O2S. The zero-order valence-corrected chi connectivity index (χ0v) is 18.5. The average molecular weight is 455 g/mol. The van der Waals surface area contributed by atoms with Gasteiger partial charge in [-0.2, -0.15) is 0 Å². The van der Waals surface area contributed by atoms with Gasteiger partial charge in [0, 0.05) is 29.4 Å². The van der Waals surface area contributed by atoms with E-state index >= 15 is 0 Å². The summed E-state index contributed by atoms with van der Waals surface area (Å²) in [5.41, 5.74) is 1.06. The van der Waals surface area contributed by atoms with Gasteiger partial charge in [0.1, 0.15) is 17.7 Å². The normalized spacial score (nSPS) is 11.8. The molecule has 0 aromatic heterocycles. The summed E-state index contributed by atoms with van der Waals surface area (Å²) in [4.78, 5) is 27.0. The molecule has 162 valence electrons. The number of likely N-dealkylation sites (N-methyl/N-ethyl adjacent to an activating group) is 1. The average Bonchev–Trinajstić information content (AvgIpc) is 2.71. The monoisotopic (exact) mass is 454 g/mol. The number of thioether (sulfide) groups is 1. The van der Waals surface area contributed by atoms with Gasteiger partial charge in [-0.25, -0.2) is 8.78 Å². The van der Waals surface area contributed by atoms with Crippen molar-refractivity contribution in [1.29, 1.82) is 0 Å². The van der Waals surface area contributed by atoms with Crippen molar-refractivity contribution in [3.05, 3.63) is 70.2 Å². The summed E-state index contributed by atoms with van der Waals surface area (Å²) < 4.78 is 27.2. The molecule has 2 aromatic rings. The zero-order valence-electron chi connectivity index (χ0n) is 17.0. The molecule has 2 amide bonds. The van der Waals surface area contributed by atoms with Gasteiger partial charge in [-0.1, -0.05) is 36.7 Å². The van der Waals surface area contributed by atoms with E-state index in [0.29, 0.717) is 23.6 Å². The second-order valence-electron chi connectivity index (χ2n) is 6.66. The van der Waals surface area contributed by atoms with Crippen LogP contribution in [0.1, 0.15) is 31.4 Å². The van der Waals surface area contributed by atoms with Crippen LogP contribution in [-0.4, -0.2) is 35.1 Å². The molecule has 0 spiro atoms. The van der Waals surface area contributed by atoms with Crippen LogP contribution >= 0.6 is 23.4 Å². The molecule has 4 nitrogen and oxygen atoms in total. The molecule has 0 radical (unpaired) electrons. The van der Waals surface area contributed by atoms with E-state index in [1.54, 1.807) is 18.2 Å². The first-order valence-corrected chi connectivity index (χ1v) is 11.2. The molecule has 0 saturated heterocycles. The van der Waals surface area contributed by atoms with Gasteiger partial charge in [0.25, 0.3) is 0 Å². The van der Waals surface area contributed by atoms with E-state index in [0.717, 1.165) is 5.56 Å². The van der Waals surface area contributed by atoms with Crippen molar-refractivity contribution in [3.8, 4) is 0 Å². The third kappa shape index (κ3) is 6.71. The summed E-state index contributed by atoms with van der Waals surface area (Å²) in [6.45, 7) is 4.27. The number of benzene rings is 2. The zero-order chi connectivity index (χ0) is 22.1. The van der Waals surface area contributed by atoms with Crippen LogP contribution < -0.4 is 5.32 Å². The van der Waals surface area contributed by atoms with Crippen molar-refractivity contribution in [2.75, 3.05) is 12.3 Å². The number of hydrogen-bond acceptors (Lipinski definition) is 3. The molecule has 0 aliphatic rings. The standard InChI is InChI=1S/C22H25ClF2N2O2S/c1-3-20(22(29)26-4-2)27(12-15-8-10-16(24)11-9-15)21(28)14-30-13-17-18(23)6-5-7-19(17)25/h5-11,20H,3-4,12-14H2,1-2H3,(H,26,29)/t20-/m1/s1. The first kappa shape index (κ1) is 24.2. The molecule has 8 heteroatoms. The summed E-state index contributed by atoms with van der Waals surface area (Å²) >= 11 is 7.27. The Hall–Kier alpha value is -2.12. The predicted molar refractivity (Wildman–Crippen MR) is 117 cm³/mol. The largest absolute Gasteiger partial charge is 0.355 e. The number of halogens is 3. The highest BCUT2D eigenvalue weighted by atomic mass is 35.5. The Morgan fingerprint density at radius 3 is 2.43 bits per heavy atom. The molecule has 0 fully saturated rings. The van der Waals surface area contributed by atoms with Crippen LogP contribution in [0.5, 0.6) is 0 Å². The summed E-state index contributed by atoms with van der Waals surface area (Å²) in [5.74, 6) is -0.988. The fraction of sp³-hybridized carbons (Fsp3) is 0.364. The number of carbonyl (C=O) groups excluding carboxylic acids is 2. The first-order valence-electron chi connectivity index (χ1n) is 9.69. The molecule has 0 unspecified atom stereocenters. The maximum atomic E-state index is 14.0. The Bertz CT molecular complexity index is 844. The van der Waals surface area contributed by atoms with Crippen molar-refractivity contribution in [2.45, 2.75) is 38.6 Å². The second kappa shape index (κ2) is 11.9. The van der Waals surface area contributed by atoms with E-state index in [4.69, 9.17) is 11.6 Å². The van der Waals surface area contributed by atoms with E-state index in [2.05, 4.69) is 5.32 Å². The highest BCUT2D eigenvalue weighted by molar-refractivity contribution is 7.99. The number of nitrogens with one attached hydrogen (secondary N) is 1. The minimum Gasteiger partial charge on any atom is -0.355 e. The fourth-order valence-corrected chi connectivity index (χ4v) is 4.24. The maximum Gasteiger partial charge on any atom is 0.242 e. The molecule has 30 heavy (non-hydrogen) atoms. The lowest BCUT2D eigenvalue weighted by Crippen LogP contribution is -2.49. The highest BCUT2D eigenvalue weighted by Gasteiger charge is 2.28. The number of rotatable bonds is 10. The van der Waals surface area contributed by atoms with Crippen molar-refractivity contribution in [1.82, 2.24) is 10.2 Å². The second-order valence-corrected chi connectivity index (χ2v) is 8.05. The molecule has 2 rings (SSSR count). The van der Waals surface area contributed by atoms with Gasteiger partial charge in [0.15, 0.2) is 0 Å². The van der Waals surface area contributed by atoms with Crippen molar-refractivity contribution in [3.63, 3.8) is 0 Å². The van der Waals surface area contributed by atoms with Gasteiger partial charge in [-0.15, -0.1) is 11.8 Å². The third-order valence-electron chi connectivity index (χ3n) is 4.54. The van der Waals surface area contributed by atoms with Crippen molar-refractivity contribution in [2.24, 2.45) is 0 Å². The van der Waals surface area contributed by atoms with Gasteiger partial charge >= 0.3 is 0 Å². The lowest BCUT2D eigenvalue weighted by Gasteiger charge is -2.30. The lowest BCUT2D eigenvalue weighted by molar-refractivity contribution is -0.139. The number of carbonyl (C=O) groups is 2. The van der Waals surface area contributed by atoms with Gasteiger partial charge in [-0.05, 0) is 43.2 Å². The molecule has 1 N–H and O–H groups in total. The molecule has 2 aromatic carbocycles. The smallest absolute Gasteiger partial charge is 0.242 e. The molecule has 0 aliphatic heterocycles. The van der Waals surface area contributed by atoms with E-state index in [9.17, 15) is 18.4 Å². The van der Waals surface area contributed by atoms with Crippen molar-refractivity contribution < 1.29 is 18.4 Å². The Morgan fingerprint density at radius 2 is 1.83 bits per heavy atom. The summed E-state index contributed by atoms with van der Waals surface area (Å²) in [5, 5.41) is 3.07. The van der Waals surface area contributed by atoms with E-state index in [1.807, 2.05) is 13.8 Å². The van der Waals surface area contributed by atoms with E-state index < -0.39 is 11.9 Å². The Kier molecular flexibility index (Phi) is 9.59. The van der Waals surface area contributed by atoms with Crippen molar-refractivity contribution >= 4 is 35.2 Å². The maximum absolute atomic E-state index is 14.0. The SMILES string of the molecule is CCNC(=O)[C@@H](CC)N(Cc1ccc(F)cc1)C(=O)CSCc1c(F)cccc1Cl. The predicted octanol–water partition coefficient (Wildman–Crippen LogP) is 4.79. The summed E-state index contributed by atoms with van der Waals surface area (Å²) in [7, 11) is 0. The minimum atomic E-state index is -0.653. The van der Waals surface area contributed by atoms with Gasteiger partial charge in [-0.3, -0.25) is 9.59 Å². The summed E-state index contributed by atoms with van der Waals surface area (Å²) in [6, 6.07) is 9.62. The van der Waals surface area contributed by atoms with Crippen LogP contribution in [0.3, 0.4) is 0 Å². The topological polar surface area (TPSA) is 49.4 Å². The van der Waals surface area contributed by atoms with Gasteiger partial charge in [0.05, 0.1) is 5.75 Å². The number of nitrogens with zero attached hydrogens (tertiary/aromatic N) is 1. The molecule has 0 heterocycles. The highest BCUT2D eigenvalue weighted by Crippen LogP contribution is 2.24. The molecular weight excluding hydrogens is 430 g/mol.